The minimum absolute atomic E-state index is 0.747. The lowest BCUT2D eigenvalue weighted by atomic mass is 9.81. The van der Waals surface area contributed by atoms with Gasteiger partial charge in [-0.05, 0) is 42.2 Å². The normalized spacial score (nSPS) is 25.1. The van der Waals surface area contributed by atoms with Crippen molar-refractivity contribution in [2.45, 2.75) is 52.1 Å². The predicted molar refractivity (Wildman–Crippen MR) is 66.3 cm³/mol. The quantitative estimate of drug-likeness (QED) is 0.845. The molecule has 5 heteroatoms. The molecule has 96 valence electrons. The van der Waals surface area contributed by atoms with Gasteiger partial charge in [0, 0.05) is 6.54 Å². The molecule has 0 bridgehead atoms. The highest BCUT2D eigenvalue weighted by atomic mass is 15.5. The van der Waals surface area contributed by atoms with E-state index in [1.807, 2.05) is 11.7 Å². The maximum atomic E-state index is 4.08. The van der Waals surface area contributed by atoms with Crippen molar-refractivity contribution in [3.05, 3.63) is 5.82 Å². The molecule has 17 heavy (non-hydrogen) atoms. The van der Waals surface area contributed by atoms with Crippen LogP contribution in [-0.2, 0) is 13.1 Å². The van der Waals surface area contributed by atoms with Crippen LogP contribution in [0.4, 0.5) is 0 Å². The van der Waals surface area contributed by atoms with E-state index in [1.165, 1.54) is 32.1 Å². The van der Waals surface area contributed by atoms with E-state index in [1.54, 1.807) is 0 Å². The standard InChI is InChI=1S/C12H23N5/c1-3-10-4-6-11(7-5-10)9-17-12(8-13-2)14-15-16-17/h10-11,13H,3-9H2,1-2H3. The minimum Gasteiger partial charge on any atom is -0.313 e. The average molecular weight is 237 g/mol. The molecule has 0 aromatic carbocycles. The molecule has 1 aliphatic carbocycles. The zero-order valence-corrected chi connectivity index (χ0v) is 10.9. The molecule has 1 aromatic rings. The molecule has 1 fully saturated rings. The van der Waals surface area contributed by atoms with Gasteiger partial charge in [-0.2, -0.15) is 0 Å². The molecule has 1 N–H and O–H groups in total. The van der Waals surface area contributed by atoms with Crippen LogP contribution >= 0.6 is 0 Å². The van der Waals surface area contributed by atoms with Crippen LogP contribution < -0.4 is 5.32 Å². The maximum Gasteiger partial charge on any atom is 0.165 e. The Kier molecular flexibility index (Phi) is 4.48. The van der Waals surface area contributed by atoms with E-state index in [9.17, 15) is 0 Å². The van der Waals surface area contributed by atoms with Gasteiger partial charge in [-0.1, -0.05) is 26.2 Å². The van der Waals surface area contributed by atoms with Gasteiger partial charge in [-0.25, -0.2) is 4.68 Å². The first-order chi connectivity index (χ1) is 8.33. The molecule has 0 atom stereocenters. The third-order valence-electron chi connectivity index (χ3n) is 3.92. The molecule has 0 spiro atoms. The number of hydrogen-bond donors (Lipinski definition) is 1. The highest BCUT2D eigenvalue weighted by molar-refractivity contribution is 4.81. The second-order valence-corrected chi connectivity index (χ2v) is 5.10. The molecule has 1 aromatic heterocycles. The summed E-state index contributed by atoms with van der Waals surface area (Å²) in [7, 11) is 1.92. The van der Waals surface area contributed by atoms with Crippen molar-refractivity contribution in [1.29, 1.82) is 0 Å². The Morgan fingerprint density at radius 1 is 1.24 bits per heavy atom. The Morgan fingerprint density at radius 3 is 2.59 bits per heavy atom. The summed E-state index contributed by atoms with van der Waals surface area (Å²) in [4.78, 5) is 0. The van der Waals surface area contributed by atoms with E-state index in [4.69, 9.17) is 0 Å². The van der Waals surface area contributed by atoms with Gasteiger partial charge >= 0.3 is 0 Å². The molecule has 5 nitrogen and oxygen atoms in total. The fraction of sp³-hybridized carbons (Fsp3) is 0.917. The van der Waals surface area contributed by atoms with Crippen LogP contribution in [0.2, 0.25) is 0 Å². The summed E-state index contributed by atoms with van der Waals surface area (Å²) in [5.41, 5.74) is 0. The van der Waals surface area contributed by atoms with Gasteiger partial charge in [0.1, 0.15) is 0 Å². The molecule has 2 rings (SSSR count). The Morgan fingerprint density at radius 2 is 1.94 bits per heavy atom. The summed E-state index contributed by atoms with van der Waals surface area (Å²) in [6.07, 6.45) is 6.76. The SMILES string of the molecule is CCC1CCC(Cn2nnnc2CNC)CC1. The van der Waals surface area contributed by atoms with Crippen molar-refractivity contribution in [3.8, 4) is 0 Å². The molecule has 0 saturated heterocycles. The van der Waals surface area contributed by atoms with Crippen LogP contribution in [0.25, 0.3) is 0 Å². The second kappa shape index (κ2) is 6.10. The maximum absolute atomic E-state index is 4.08. The lowest BCUT2D eigenvalue weighted by Crippen LogP contribution is -2.22. The van der Waals surface area contributed by atoms with Crippen LogP contribution in [0.5, 0.6) is 0 Å². The Hall–Kier alpha value is -0.970. The van der Waals surface area contributed by atoms with Crippen molar-refractivity contribution >= 4 is 0 Å². The first-order valence-electron chi connectivity index (χ1n) is 6.73. The topological polar surface area (TPSA) is 55.6 Å². The first kappa shape index (κ1) is 12.5. The van der Waals surface area contributed by atoms with E-state index in [0.717, 1.165) is 30.7 Å². The summed E-state index contributed by atoms with van der Waals surface area (Å²) < 4.78 is 1.97. The van der Waals surface area contributed by atoms with Crippen LogP contribution in [0.3, 0.4) is 0 Å². The number of nitrogens with one attached hydrogen (secondary N) is 1. The van der Waals surface area contributed by atoms with Gasteiger partial charge in [-0.3, -0.25) is 0 Å². The van der Waals surface area contributed by atoms with Crippen molar-refractivity contribution < 1.29 is 0 Å². The number of tetrazole rings is 1. The Labute approximate surface area is 103 Å². The van der Waals surface area contributed by atoms with Gasteiger partial charge in [0.2, 0.25) is 0 Å². The number of hydrogen-bond acceptors (Lipinski definition) is 4. The highest BCUT2D eigenvalue weighted by Gasteiger charge is 2.21. The van der Waals surface area contributed by atoms with E-state index >= 15 is 0 Å². The third kappa shape index (κ3) is 3.25. The van der Waals surface area contributed by atoms with Crippen molar-refractivity contribution in [1.82, 2.24) is 25.5 Å². The van der Waals surface area contributed by atoms with E-state index < -0.39 is 0 Å². The van der Waals surface area contributed by atoms with Crippen molar-refractivity contribution in [3.63, 3.8) is 0 Å². The zero-order valence-electron chi connectivity index (χ0n) is 10.9. The van der Waals surface area contributed by atoms with Crippen LogP contribution in [0.1, 0.15) is 44.9 Å². The molecule has 1 aliphatic rings. The number of rotatable bonds is 5. The molecule has 1 heterocycles. The summed E-state index contributed by atoms with van der Waals surface area (Å²) in [5, 5.41) is 15.0. The van der Waals surface area contributed by atoms with Gasteiger partial charge in [0.15, 0.2) is 5.82 Å². The lowest BCUT2D eigenvalue weighted by molar-refractivity contribution is 0.238. The fourth-order valence-corrected chi connectivity index (χ4v) is 2.72. The van der Waals surface area contributed by atoms with Crippen molar-refractivity contribution in [2.75, 3.05) is 7.05 Å². The number of aromatic nitrogens is 4. The molecule has 0 amide bonds. The summed E-state index contributed by atoms with van der Waals surface area (Å²) in [5.74, 6) is 2.67. The van der Waals surface area contributed by atoms with Gasteiger partial charge in [0.05, 0.1) is 6.54 Å². The molecule has 1 saturated carbocycles. The predicted octanol–water partition coefficient (Wildman–Crippen LogP) is 1.61. The summed E-state index contributed by atoms with van der Waals surface area (Å²) in [6.45, 7) is 4.04. The van der Waals surface area contributed by atoms with Crippen LogP contribution in [0.15, 0.2) is 0 Å². The Bertz CT molecular complexity index is 327. The van der Waals surface area contributed by atoms with Crippen LogP contribution in [-0.4, -0.2) is 27.3 Å². The summed E-state index contributed by atoms with van der Waals surface area (Å²) in [6, 6.07) is 0. The van der Waals surface area contributed by atoms with Gasteiger partial charge < -0.3 is 5.32 Å². The molecule has 0 unspecified atom stereocenters. The monoisotopic (exact) mass is 237 g/mol. The summed E-state index contributed by atoms with van der Waals surface area (Å²) >= 11 is 0. The minimum atomic E-state index is 0.747. The first-order valence-corrected chi connectivity index (χ1v) is 6.73. The fourth-order valence-electron chi connectivity index (χ4n) is 2.72. The molecular weight excluding hydrogens is 214 g/mol. The number of nitrogens with zero attached hydrogens (tertiary/aromatic N) is 4. The smallest absolute Gasteiger partial charge is 0.165 e. The van der Waals surface area contributed by atoms with Gasteiger partial charge in [0.25, 0.3) is 0 Å². The molecular formula is C12H23N5. The average Bonchev–Trinajstić information content (AvgIpc) is 2.78. The second-order valence-electron chi connectivity index (χ2n) is 5.10. The zero-order chi connectivity index (χ0) is 12.1. The highest BCUT2D eigenvalue weighted by Crippen LogP contribution is 2.31. The third-order valence-corrected chi connectivity index (χ3v) is 3.92. The van der Waals surface area contributed by atoms with E-state index in [0.29, 0.717) is 0 Å². The molecule has 0 aliphatic heterocycles. The van der Waals surface area contributed by atoms with E-state index in [-0.39, 0.29) is 0 Å². The van der Waals surface area contributed by atoms with Crippen LogP contribution in [0, 0.1) is 11.8 Å². The molecule has 0 radical (unpaired) electrons. The van der Waals surface area contributed by atoms with E-state index in [2.05, 4.69) is 27.8 Å². The lowest BCUT2D eigenvalue weighted by Gasteiger charge is -2.27. The largest absolute Gasteiger partial charge is 0.313 e. The Balaban J connectivity index is 1.86. The van der Waals surface area contributed by atoms with Gasteiger partial charge in [-0.15, -0.1) is 5.10 Å². The van der Waals surface area contributed by atoms with Crippen molar-refractivity contribution in [2.24, 2.45) is 11.8 Å².